The molecule has 36 heavy (non-hydrogen) atoms. The van der Waals surface area contributed by atoms with Crippen molar-refractivity contribution in [3.05, 3.63) is 53.4 Å². The lowest BCUT2D eigenvalue weighted by molar-refractivity contribution is -0.192. The standard InChI is InChI=1S/C22H23FN4OS.C2HF3O2/c23-17-4-2-16(3-5-17)14-27-19(28)6-9-22(27)8-1-11-26(12-10-22)21-20-18(7-13-29-20)24-15-25-21;3-2(4,5)1(6)7/h2-5,7,13,15H,1,6,8-12,14H2;(H,6,7). The minimum Gasteiger partial charge on any atom is -0.475 e. The van der Waals surface area contributed by atoms with Crippen LogP contribution in [0, 0.1) is 5.82 Å². The largest absolute Gasteiger partial charge is 0.490 e. The second kappa shape index (κ2) is 10.4. The minimum absolute atomic E-state index is 0.109. The topological polar surface area (TPSA) is 86.6 Å². The van der Waals surface area contributed by atoms with Gasteiger partial charge in [0.15, 0.2) is 0 Å². The Kier molecular flexibility index (Phi) is 7.43. The molecule has 0 aliphatic carbocycles. The van der Waals surface area contributed by atoms with Gasteiger partial charge in [0.05, 0.1) is 10.2 Å². The van der Waals surface area contributed by atoms with Crippen LogP contribution in [0.3, 0.4) is 0 Å². The van der Waals surface area contributed by atoms with Crippen LogP contribution in [0.25, 0.3) is 10.2 Å². The SMILES string of the molecule is O=C(O)C(F)(F)F.O=C1CCC2(CCCN(c3ncnc4ccsc34)CC2)N1Cc1ccc(F)cc1. The number of carbonyl (C=O) groups excluding carboxylic acids is 1. The zero-order valence-corrected chi connectivity index (χ0v) is 20.0. The Labute approximate surface area is 208 Å². The molecule has 0 radical (unpaired) electrons. The molecule has 3 aromatic rings. The fourth-order valence-electron chi connectivity index (χ4n) is 4.81. The lowest BCUT2D eigenvalue weighted by Gasteiger charge is -2.38. The van der Waals surface area contributed by atoms with Gasteiger partial charge in [-0.05, 0) is 54.8 Å². The maximum Gasteiger partial charge on any atom is 0.490 e. The predicted octanol–water partition coefficient (Wildman–Crippen LogP) is 5.02. The maximum absolute atomic E-state index is 13.3. The van der Waals surface area contributed by atoms with Crippen molar-refractivity contribution in [3.8, 4) is 0 Å². The zero-order valence-electron chi connectivity index (χ0n) is 19.2. The summed E-state index contributed by atoms with van der Waals surface area (Å²) in [6.45, 7) is 2.36. The van der Waals surface area contributed by atoms with Crippen molar-refractivity contribution in [1.29, 1.82) is 0 Å². The summed E-state index contributed by atoms with van der Waals surface area (Å²) in [6, 6.07) is 8.54. The van der Waals surface area contributed by atoms with Crippen molar-refractivity contribution < 1.29 is 32.3 Å². The first-order valence-electron chi connectivity index (χ1n) is 11.4. The maximum atomic E-state index is 13.3. The summed E-state index contributed by atoms with van der Waals surface area (Å²) in [5, 5.41) is 9.18. The molecule has 1 spiro atoms. The third-order valence-electron chi connectivity index (χ3n) is 6.62. The van der Waals surface area contributed by atoms with Crippen LogP contribution in [-0.2, 0) is 16.1 Å². The van der Waals surface area contributed by atoms with Crippen LogP contribution in [0.2, 0.25) is 0 Å². The van der Waals surface area contributed by atoms with Crippen LogP contribution in [0.5, 0.6) is 0 Å². The van der Waals surface area contributed by atoms with Gasteiger partial charge in [-0.15, -0.1) is 11.3 Å². The molecule has 2 aromatic heterocycles. The Balaban J connectivity index is 0.000000384. The summed E-state index contributed by atoms with van der Waals surface area (Å²) in [4.78, 5) is 35.0. The number of carboxylic acids is 1. The molecule has 1 aromatic carbocycles. The smallest absolute Gasteiger partial charge is 0.475 e. The summed E-state index contributed by atoms with van der Waals surface area (Å²) in [6.07, 6.45) is 1.00. The molecule has 7 nitrogen and oxygen atoms in total. The van der Waals surface area contributed by atoms with Gasteiger partial charge in [-0.2, -0.15) is 13.2 Å². The van der Waals surface area contributed by atoms with E-state index in [2.05, 4.69) is 25.1 Å². The van der Waals surface area contributed by atoms with Crippen LogP contribution in [0.1, 0.15) is 37.7 Å². The van der Waals surface area contributed by atoms with Gasteiger partial charge in [-0.1, -0.05) is 12.1 Å². The second-order valence-electron chi connectivity index (χ2n) is 8.81. The number of halogens is 4. The number of hydrogen-bond donors (Lipinski definition) is 1. The number of carbonyl (C=O) groups is 2. The first-order chi connectivity index (χ1) is 17.1. The number of aliphatic carboxylic acids is 1. The molecule has 0 bridgehead atoms. The van der Waals surface area contributed by atoms with Crippen LogP contribution in [-0.4, -0.2) is 56.7 Å². The summed E-state index contributed by atoms with van der Waals surface area (Å²) in [5.74, 6) is -1.78. The predicted molar refractivity (Wildman–Crippen MR) is 126 cm³/mol. The molecule has 1 atom stereocenters. The number of amides is 1. The number of thiophene rings is 1. The zero-order chi connectivity index (χ0) is 25.9. The van der Waals surface area contributed by atoms with E-state index in [0.717, 1.165) is 60.4 Å². The lowest BCUT2D eigenvalue weighted by Crippen LogP contribution is -2.46. The molecule has 1 N–H and O–H groups in total. The third-order valence-corrected chi connectivity index (χ3v) is 7.52. The number of fused-ring (bicyclic) bond motifs is 1. The monoisotopic (exact) mass is 524 g/mol. The number of anilines is 1. The quantitative estimate of drug-likeness (QED) is 0.485. The molecular formula is C24H24F4N4O3S. The Hall–Kier alpha value is -3.28. The highest BCUT2D eigenvalue weighted by Gasteiger charge is 2.45. The number of benzene rings is 1. The molecule has 1 amide bonds. The highest BCUT2D eigenvalue weighted by Crippen LogP contribution is 2.41. The third kappa shape index (κ3) is 5.58. The Morgan fingerprint density at radius 3 is 2.50 bits per heavy atom. The van der Waals surface area contributed by atoms with E-state index in [0.29, 0.717) is 13.0 Å². The van der Waals surface area contributed by atoms with E-state index in [1.807, 2.05) is 6.07 Å². The van der Waals surface area contributed by atoms with E-state index in [1.54, 1.807) is 29.8 Å². The van der Waals surface area contributed by atoms with E-state index in [-0.39, 0.29) is 17.3 Å². The fraction of sp³-hybridized carbons (Fsp3) is 0.417. The molecule has 2 fully saturated rings. The molecule has 0 saturated carbocycles. The average Bonchev–Trinajstić information content (AvgIpc) is 3.36. The van der Waals surface area contributed by atoms with Gasteiger partial charge < -0.3 is 14.9 Å². The van der Waals surface area contributed by atoms with Crippen LogP contribution < -0.4 is 4.90 Å². The number of hydrogen-bond acceptors (Lipinski definition) is 6. The van der Waals surface area contributed by atoms with Gasteiger partial charge in [0, 0.05) is 31.6 Å². The van der Waals surface area contributed by atoms with Crippen LogP contribution in [0.15, 0.2) is 42.0 Å². The van der Waals surface area contributed by atoms with Crippen molar-refractivity contribution in [2.24, 2.45) is 0 Å². The molecule has 2 saturated heterocycles. The van der Waals surface area contributed by atoms with Gasteiger partial charge >= 0.3 is 12.1 Å². The Morgan fingerprint density at radius 2 is 1.81 bits per heavy atom. The van der Waals surface area contributed by atoms with E-state index < -0.39 is 12.1 Å². The number of nitrogens with zero attached hydrogens (tertiary/aromatic N) is 4. The van der Waals surface area contributed by atoms with Gasteiger partial charge in [0.2, 0.25) is 5.91 Å². The van der Waals surface area contributed by atoms with Crippen molar-refractivity contribution >= 4 is 39.2 Å². The van der Waals surface area contributed by atoms with Crippen LogP contribution >= 0.6 is 11.3 Å². The van der Waals surface area contributed by atoms with Crippen molar-refractivity contribution in [2.75, 3.05) is 18.0 Å². The highest BCUT2D eigenvalue weighted by atomic mass is 32.1. The molecule has 5 rings (SSSR count). The molecule has 2 aliphatic rings. The van der Waals surface area contributed by atoms with Gasteiger partial charge in [0.25, 0.3) is 0 Å². The highest BCUT2D eigenvalue weighted by molar-refractivity contribution is 7.17. The Morgan fingerprint density at radius 1 is 1.08 bits per heavy atom. The first-order valence-corrected chi connectivity index (χ1v) is 12.3. The Bertz CT molecular complexity index is 1230. The van der Waals surface area contributed by atoms with Crippen molar-refractivity contribution in [2.45, 2.75) is 50.4 Å². The van der Waals surface area contributed by atoms with Crippen molar-refractivity contribution in [1.82, 2.24) is 14.9 Å². The minimum atomic E-state index is -5.08. The number of alkyl halides is 3. The molecule has 4 heterocycles. The lowest BCUT2D eigenvalue weighted by atomic mass is 9.87. The van der Waals surface area contributed by atoms with E-state index in [9.17, 15) is 22.4 Å². The number of aromatic nitrogens is 2. The second-order valence-corrected chi connectivity index (χ2v) is 9.72. The normalized spacial score (nSPS) is 20.4. The molecule has 12 heteroatoms. The number of likely N-dealkylation sites (tertiary alicyclic amines) is 1. The van der Waals surface area contributed by atoms with E-state index in [4.69, 9.17) is 9.90 Å². The average molecular weight is 525 g/mol. The summed E-state index contributed by atoms with van der Waals surface area (Å²) in [5.41, 5.74) is 1.87. The fourth-order valence-corrected chi connectivity index (χ4v) is 5.68. The van der Waals surface area contributed by atoms with E-state index >= 15 is 0 Å². The molecule has 1 unspecified atom stereocenters. The van der Waals surface area contributed by atoms with E-state index in [1.165, 1.54) is 12.1 Å². The van der Waals surface area contributed by atoms with Crippen LogP contribution in [0.4, 0.5) is 23.4 Å². The first kappa shape index (κ1) is 25.8. The van der Waals surface area contributed by atoms with Gasteiger partial charge in [-0.25, -0.2) is 19.2 Å². The van der Waals surface area contributed by atoms with Crippen molar-refractivity contribution in [3.63, 3.8) is 0 Å². The van der Waals surface area contributed by atoms with Gasteiger partial charge in [0.1, 0.15) is 18.0 Å². The molecule has 2 aliphatic heterocycles. The van der Waals surface area contributed by atoms with Gasteiger partial charge in [-0.3, -0.25) is 4.79 Å². The summed E-state index contributed by atoms with van der Waals surface area (Å²) in [7, 11) is 0. The summed E-state index contributed by atoms with van der Waals surface area (Å²) < 4.78 is 46.1. The number of rotatable bonds is 3. The summed E-state index contributed by atoms with van der Waals surface area (Å²) >= 11 is 1.68. The number of carboxylic acid groups (broad SMARTS) is 1. The molecular weight excluding hydrogens is 500 g/mol. The molecule has 192 valence electrons.